The second kappa shape index (κ2) is 10.8. The van der Waals surface area contributed by atoms with Gasteiger partial charge in [-0.05, 0) is 28.4 Å². The van der Waals surface area contributed by atoms with Crippen molar-refractivity contribution in [2.45, 2.75) is 32.3 Å². The van der Waals surface area contributed by atoms with Gasteiger partial charge in [0.2, 0.25) is 5.91 Å². The van der Waals surface area contributed by atoms with Gasteiger partial charge in [0.15, 0.2) is 0 Å². The molecular weight excluding hydrogens is 471 g/mol. The minimum Gasteiger partial charge on any atom is -0.380 e. The molecule has 11 heteroatoms. The predicted molar refractivity (Wildman–Crippen MR) is 131 cm³/mol. The number of rotatable bonds is 9. The summed E-state index contributed by atoms with van der Waals surface area (Å²) in [5.74, 6) is -2.24. The summed E-state index contributed by atoms with van der Waals surface area (Å²) < 4.78 is 19.8. The Hall–Kier alpha value is -3.57. The van der Waals surface area contributed by atoms with Crippen LogP contribution in [0, 0.1) is 5.82 Å². The average Bonchev–Trinajstić information content (AvgIpc) is 3.09. The third-order valence-electron chi connectivity index (χ3n) is 5.45. The van der Waals surface area contributed by atoms with Crippen LogP contribution in [0.3, 0.4) is 0 Å². The summed E-state index contributed by atoms with van der Waals surface area (Å²) in [5, 5.41) is 8.23. The molecule has 0 unspecified atom stereocenters. The Kier molecular flexibility index (Phi) is 8.02. The molecule has 1 atom stereocenters. The number of amides is 5. The molecule has 3 N–H and O–H groups in total. The number of hydrogen-bond acceptors (Lipinski definition) is 5. The molecule has 2 aromatic rings. The van der Waals surface area contributed by atoms with Gasteiger partial charge < -0.3 is 20.7 Å². The molecule has 2 aromatic carbocycles. The molecule has 3 rings (SSSR count). The van der Waals surface area contributed by atoms with Gasteiger partial charge in [-0.2, -0.15) is 0 Å². The van der Waals surface area contributed by atoms with Gasteiger partial charge in [-0.15, -0.1) is 0 Å². The summed E-state index contributed by atoms with van der Waals surface area (Å²) in [7, 11) is -0.365. The number of methoxy groups -OCH3 is 1. The molecule has 186 valence electrons. The van der Waals surface area contributed by atoms with Crippen molar-refractivity contribution in [3.63, 3.8) is 0 Å². The van der Waals surface area contributed by atoms with E-state index in [9.17, 15) is 23.6 Å². The Balaban J connectivity index is 1.84. The Labute approximate surface area is 204 Å². The number of hydrogen-bond donors (Lipinski definition) is 3. The van der Waals surface area contributed by atoms with Gasteiger partial charge >= 0.3 is 6.03 Å². The molecule has 5 amide bonds. The lowest BCUT2D eigenvalue weighted by atomic mass is 10.0. The number of ether oxygens (including phenoxy) is 1. The summed E-state index contributed by atoms with van der Waals surface area (Å²) >= 11 is 0. The van der Waals surface area contributed by atoms with E-state index in [1.54, 1.807) is 30.3 Å². The summed E-state index contributed by atoms with van der Waals surface area (Å²) in [5.41, 5.74) is 1.48. The van der Waals surface area contributed by atoms with Crippen LogP contribution in [0.15, 0.2) is 42.5 Å². The minimum atomic E-state index is -1.90. The number of halogens is 1. The Morgan fingerprint density at radius 1 is 1.17 bits per heavy atom. The molecule has 0 spiro atoms. The maximum absolute atomic E-state index is 14.7. The van der Waals surface area contributed by atoms with Gasteiger partial charge in [0.1, 0.15) is 18.4 Å². The number of anilines is 1. The van der Waals surface area contributed by atoms with Gasteiger partial charge in [-0.3, -0.25) is 19.3 Å². The zero-order chi connectivity index (χ0) is 25.8. The quantitative estimate of drug-likeness (QED) is 0.359. The van der Waals surface area contributed by atoms with Crippen LogP contribution in [0.25, 0.3) is 0 Å². The number of nitrogens with zero attached hydrogens (tertiary/aromatic N) is 1. The highest BCUT2D eigenvalue weighted by Crippen LogP contribution is 2.20. The van der Waals surface area contributed by atoms with E-state index >= 15 is 0 Å². The van der Waals surface area contributed by atoms with Crippen LogP contribution in [0.5, 0.6) is 0 Å². The third kappa shape index (κ3) is 6.52. The van der Waals surface area contributed by atoms with E-state index in [1.165, 1.54) is 13.2 Å². The normalized spacial score (nSPS) is 14.5. The van der Waals surface area contributed by atoms with E-state index in [2.05, 4.69) is 16.0 Å². The number of carbonyl (C=O) groups excluding carboxylic acids is 4. The van der Waals surface area contributed by atoms with Crippen molar-refractivity contribution in [3.05, 3.63) is 59.4 Å². The summed E-state index contributed by atoms with van der Waals surface area (Å²) in [4.78, 5) is 50.3. The maximum atomic E-state index is 14.7. The number of nitrogens with one attached hydrogen (secondary N) is 3. The van der Waals surface area contributed by atoms with Crippen LogP contribution in [0.4, 0.5) is 14.9 Å². The largest absolute Gasteiger partial charge is 0.380 e. The van der Waals surface area contributed by atoms with Gasteiger partial charge in [0.05, 0.1) is 21.2 Å². The Morgan fingerprint density at radius 3 is 2.51 bits per heavy atom. The van der Waals surface area contributed by atoms with Crippen LogP contribution in [-0.4, -0.2) is 56.9 Å². The Morgan fingerprint density at radius 2 is 1.91 bits per heavy atom. The molecular formula is C24H29FN4O5Si. The fourth-order valence-corrected chi connectivity index (χ4v) is 5.08. The third-order valence-corrected chi connectivity index (χ3v) is 7.47. The van der Waals surface area contributed by atoms with Crippen LogP contribution < -0.4 is 21.1 Å². The summed E-state index contributed by atoms with van der Waals surface area (Å²) in [6, 6.07) is 9.61. The fourth-order valence-electron chi connectivity index (χ4n) is 3.71. The molecule has 1 aliphatic rings. The molecule has 1 heterocycles. The van der Waals surface area contributed by atoms with Crippen molar-refractivity contribution in [1.82, 2.24) is 15.5 Å². The first-order chi connectivity index (χ1) is 16.5. The summed E-state index contributed by atoms with van der Waals surface area (Å²) in [6.45, 7) is 5.64. The van der Waals surface area contributed by atoms with Crippen LogP contribution in [-0.2, 0) is 25.7 Å². The van der Waals surface area contributed by atoms with Gasteiger partial charge in [0.25, 0.3) is 11.8 Å². The van der Waals surface area contributed by atoms with Gasteiger partial charge in [0, 0.05) is 12.8 Å². The van der Waals surface area contributed by atoms with Crippen molar-refractivity contribution in [2.75, 3.05) is 25.5 Å². The van der Waals surface area contributed by atoms with Crippen LogP contribution in [0.1, 0.15) is 17.2 Å². The second-order valence-electron chi connectivity index (χ2n) is 9.25. The van der Waals surface area contributed by atoms with Gasteiger partial charge in [-0.1, -0.05) is 50.0 Å². The molecule has 0 bridgehead atoms. The first-order valence-electron chi connectivity index (χ1n) is 11.1. The SMILES string of the molecule is COCc1cccc([C@@H](NC(=O)CN2C(=O)CNC2=O)C(=O)Nc2ccc([Si](C)(C)C)c(F)c2)c1. The lowest BCUT2D eigenvalue weighted by Crippen LogP contribution is -2.44. The van der Waals surface area contributed by atoms with Crippen LogP contribution in [0.2, 0.25) is 19.6 Å². The summed E-state index contributed by atoms with van der Waals surface area (Å²) in [6.07, 6.45) is 0. The average molecular weight is 501 g/mol. The topological polar surface area (TPSA) is 117 Å². The van der Waals surface area contributed by atoms with Crippen molar-refractivity contribution in [3.8, 4) is 0 Å². The first-order valence-corrected chi connectivity index (χ1v) is 14.6. The first kappa shape index (κ1) is 26.0. The smallest absolute Gasteiger partial charge is 0.325 e. The van der Waals surface area contributed by atoms with Crippen molar-refractivity contribution in [2.24, 2.45) is 0 Å². The number of benzene rings is 2. The van der Waals surface area contributed by atoms with E-state index in [-0.39, 0.29) is 12.2 Å². The lowest BCUT2D eigenvalue weighted by Gasteiger charge is -2.22. The van der Waals surface area contributed by atoms with Crippen molar-refractivity contribution >= 4 is 42.7 Å². The highest BCUT2D eigenvalue weighted by molar-refractivity contribution is 6.88. The molecule has 1 saturated heterocycles. The second-order valence-corrected chi connectivity index (χ2v) is 14.3. The van der Waals surface area contributed by atoms with Crippen molar-refractivity contribution < 1.29 is 28.3 Å². The molecule has 1 aliphatic heterocycles. The fraction of sp³-hybridized carbons (Fsp3) is 0.333. The standard InChI is InChI=1S/C24H29FN4O5Si/c1-34-14-15-6-5-7-16(10-15)22(28-20(30)13-29-21(31)12-26-24(29)33)23(32)27-17-8-9-19(18(25)11-17)35(2,3)4/h5-11,22H,12-14H2,1-4H3,(H,26,33)(H,27,32)(H,28,30)/t22-/m1/s1. The molecule has 9 nitrogen and oxygen atoms in total. The molecule has 1 fully saturated rings. The molecule has 35 heavy (non-hydrogen) atoms. The number of imide groups is 1. The van der Waals surface area contributed by atoms with E-state index in [4.69, 9.17) is 4.74 Å². The Bertz CT molecular complexity index is 1130. The molecule has 0 saturated carbocycles. The predicted octanol–water partition coefficient (Wildman–Crippen LogP) is 1.87. The van der Waals surface area contributed by atoms with E-state index in [1.807, 2.05) is 25.7 Å². The zero-order valence-electron chi connectivity index (χ0n) is 20.1. The highest BCUT2D eigenvalue weighted by atomic mass is 28.3. The lowest BCUT2D eigenvalue weighted by molar-refractivity contribution is -0.131. The molecule has 0 aliphatic carbocycles. The maximum Gasteiger partial charge on any atom is 0.325 e. The van der Waals surface area contributed by atoms with Crippen molar-refractivity contribution in [1.29, 1.82) is 0 Å². The number of carbonyl (C=O) groups is 4. The van der Waals surface area contributed by atoms with E-state index < -0.39 is 50.2 Å². The highest BCUT2D eigenvalue weighted by Gasteiger charge is 2.32. The minimum absolute atomic E-state index is 0.186. The van der Waals surface area contributed by atoms with E-state index in [0.29, 0.717) is 17.4 Å². The van der Waals surface area contributed by atoms with Gasteiger partial charge in [-0.25, -0.2) is 9.18 Å². The zero-order valence-corrected chi connectivity index (χ0v) is 21.1. The monoisotopic (exact) mass is 500 g/mol. The molecule has 0 radical (unpaired) electrons. The number of urea groups is 1. The molecule has 0 aromatic heterocycles. The van der Waals surface area contributed by atoms with E-state index in [0.717, 1.165) is 10.5 Å². The van der Waals surface area contributed by atoms with Crippen LogP contribution >= 0.6 is 0 Å².